The number of anilines is 1. The fourth-order valence-corrected chi connectivity index (χ4v) is 5.78. The van der Waals surface area contributed by atoms with E-state index in [9.17, 15) is 9.59 Å². The molecule has 4 rings (SSSR count). The second kappa shape index (κ2) is 8.16. The second-order valence-corrected chi connectivity index (χ2v) is 9.87. The van der Waals surface area contributed by atoms with Gasteiger partial charge in [0.05, 0.1) is 29.8 Å². The molecule has 2 aliphatic rings. The maximum atomic E-state index is 13.6. The summed E-state index contributed by atoms with van der Waals surface area (Å²) in [6.45, 7) is 6.57. The van der Waals surface area contributed by atoms with Crippen molar-refractivity contribution in [2.45, 2.75) is 70.5 Å². The normalized spacial score (nSPS) is 19.2. The van der Waals surface area contributed by atoms with Gasteiger partial charge in [-0.05, 0) is 44.7 Å². The van der Waals surface area contributed by atoms with Gasteiger partial charge in [0.1, 0.15) is 5.00 Å². The summed E-state index contributed by atoms with van der Waals surface area (Å²) in [7, 11) is 0. The average Bonchev–Trinajstić information content (AvgIpc) is 3.33. The van der Waals surface area contributed by atoms with Crippen LogP contribution in [0.25, 0.3) is 0 Å². The van der Waals surface area contributed by atoms with Crippen LogP contribution in [-0.2, 0) is 32.7 Å². The van der Waals surface area contributed by atoms with Gasteiger partial charge in [-0.2, -0.15) is 0 Å². The summed E-state index contributed by atoms with van der Waals surface area (Å²) in [6, 6.07) is 10.0. The van der Waals surface area contributed by atoms with Gasteiger partial charge in [0, 0.05) is 11.3 Å². The third kappa shape index (κ3) is 3.79. The van der Waals surface area contributed by atoms with Crippen molar-refractivity contribution in [3.63, 3.8) is 0 Å². The monoisotopic (exact) mass is 427 g/mol. The molecule has 5 nitrogen and oxygen atoms in total. The van der Waals surface area contributed by atoms with Crippen molar-refractivity contribution in [1.29, 1.82) is 0 Å². The van der Waals surface area contributed by atoms with Crippen LogP contribution >= 0.6 is 11.3 Å². The number of carbonyl (C=O) groups excluding carboxylic acids is 2. The molecule has 0 saturated heterocycles. The van der Waals surface area contributed by atoms with Crippen LogP contribution in [0.3, 0.4) is 0 Å². The van der Waals surface area contributed by atoms with E-state index in [0.717, 1.165) is 41.7 Å². The molecule has 0 bridgehead atoms. The predicted molar refractivity (Wildman–Crippen MR) is 118 cm³/mol. The SMILES string of the molecule is CCOC(=O)c1c(NC(=O)C2(c3ccccc3)CCCC2)sc2c1CC(C)(C)OC2. The Hall–Kier alpha value is -2.18. The van der Waals surface area contributed by atoms with Crippen LogP contribution in [0.1, 0.15) is 72.8 Å². The Labute approximate surface area is 181 Å². The molecule has 1 amide bonds. The quantitative estimate of drug-likeness (QED) is 0.664. The molecule has 2 aromatic rings. The van der Waals surface area contributed by atoms with Crippen molar-refractivity contribution in [1.82, 2.24) is 0 Å². The zero-order valence-corrected chi connectivity index (χ0v) is 18.7. The molecule has 0 spiro atoms. The minimum absolute atomic E-state index is 0.0319. The Balaban J connectivity index is 1.71. The minimum atomic E-state index is -0.548. The summed E-state index contributed by atoms with van der Waals surface area (Å²) >= 11 is 1.44. The second-order valence-electron chi connectivity index (χ2n) is 8.76. The fourth-order valence-electron chi connectivity index (χ4n) is 4.67. The summed E-state index contributed by atoms with van der Waals surface area (Å²) in [4.78, 5) is 27.5. The highest BCUT2D eigenvalue weighted by Gasteiger charge is 2.44. The van der Waals surface area contributed by atoms with Crippen molar-refractivity contribution >= 4 is 28.2 Å². The summed E-state index contributed by atoms with van der Waals surface area (Å²) in [5.74, 6) is -0.404. The standard InChI is InChI=1S/C24H29NO4S/c1-4-28-21(26)19-17-14-23(2,3)29-15-18(17)30-20(19)25-22(27)24(12-8-9-13-24)16-10-6-5-7-11-16/h5-7,10-11H,4,8-9,12-15H2,1-3H3,(H,25,27). The van der Waals surface area contributed by atoms with E-state index in [-0.39, 0.29) is 17.5 Å². The molecule has 1 aliphatic heterocycles. The molecular weight excluding hydrogens is 398 g/mol. The molecule has 1 aromatic carbocycles. The van der Waals surface area contributed by atoms with E-state index in [1.165, 1.54) is 11.3 Å². The Kier molecular flexibility index (Phi) is 5.73. The number of amides is 1. The van der Waals surface area contributed by atoms with Crippen LogP contribution < -0.4 is 5.32 Å². The highest BCUT2D eigenvalue weighted by atomic mass is 32.1. The van der Waals surface area contributed by atoms with Gasteiger partial charge in [-0.1, -0.05) is 43.2 Å². The van der Waals surface area contributed by atoms with Gasteiger partial charge in [0.25, 0.3) is 0 Å². The number of fused-ring (bicyclic) bond motifs is 1. The number of nitrogens with one attached hydrogen (secondary N) is 1. The Bertz CT molecular complexity index is 942. The van der Waals surface area contributed by atoms with Crippen LogP contribution in [0, 0.1) is 0 Å². The molecule has 0 radical (unpaired) electrons. The van der Waals surface area contributed by atoms with Crippen LogP contribution in [-0.4, -0.2) is 24.1 Å². The molecule has 1 aromatic heterocycles. The van der Waals surface area contributed by atoms with E-state index in [1.807, 2.05) is 44.2 Å². The summed E-state index contributed by atoms with van der Waals surface area (Å²) in [5.41, 5.74) is 1.59. The van der Waals surface area contributed by atoms with E-state index in [2.05, 4.69) is 5.32 Å². The Morgan fingerprint density at radius 1 is 1.17 bits per heavy atom. The highest BCUT2D eigenvalue weighted by molar-refractivity contribution is 7.17. The van der Waals surface area contributed by atoms with E-state index in [4.69, 9.17) is 9.47 Å². The fraction of sp³-hybridized carbons (Fsp3) is 0.500. The number of rotatable bonds is 5. The Morgan fingerprint density at radius 2 is 1.87 bits per heavy atom. The molecule has 6 heteroatoms. The maximum absolute atomic E-state index is 13.6. The van der Waals surface area contributed by atoms with Gasteiger partial charge in [-0.15, -0.1) is 11.3 Å². The predicted octanol–water partition coefficient (Wildman–Crippen LogP) is 5.23. The largest absolute Gasteiger partial charge is 0.462 e. The summed E-state index contributed by atoms with van der Waals surface area (Å²) < 4.78 is 11.3. The summed E-state index contributed by atoms with van der Waals surface area (Å²) in [5, 5.41) is 3.73. The van der Waals surface area contributed by atoms with Crippen molar-refractivity contribution < 1.29 is 19.1 Å². The number of hydrogen-bond acceptors (Lipinski definition) is 5. The molecule has 1 N–H and O–H groups in total. The number of hydrogen-bond donors (Lipinski definition) is 1. The third-order valence-electron chi connectivity index (χ3n) is 6.21. The van der Waals surface area contributed by atoms with E-state index in [1.54, 1.807) is 6.92 Å². The van der Waals surface area contributed by atoms with Crippen molar-refractivity contribution in [3.8, 4) is 0 Å². The molecule has 1 aliphatic carbocycles. The minimum Gasteiger partial charge on any atom is -0.462 e. The van der Waals surface area contributed by atoms with Crippen molar-refractivity contribution in [2.24, 2.45) is 0 Å². The van der Waals surface area contributed by atoms with E-state index < -0.39 is 5.41 Å². The van der Waals surface area contributed by atoms with Crippen LogP contribution in [0.5, 0.6) is 0 Å². The van der Waals surface area contributed by atoms with Crippen molar-refractivity contribution in [2.75, 3.05) is 11.9 Å². The lowest BCUT2D eigenvalue weighted by molar-refractivity contribution is -0.121. The van der Waals surface area contributed by atoms with Gasteiger partial charge >= 0.3 is 5.97 Å². The van der Waals surface area contributed by atoms with Gasteiger partial charge in [-0.3, -0.25) is 4.79 Å². The first-order valence-corrected chi connectivity index (χ1v) is 11.5. The third-order valence-corrected chi connectivity index (χ3v) is 7.33. The molecule has 1 fully saturated rings. The molecule has 30 heavy (non-hydrogen) atoms. The van der Waals surface area contributed by atoms with Crippen LogP contribution in [0.4, 0.5) is 5.00 Å². The molecule has 160 valence electrons. The molecule has 0 unspecified atom stereocenters. The first kappa shape index (κ1) is 21.1. The number of benzene rings is 1. The lowest BCUT2D eigenvalue weighted by Crippen LogP contribution is -2.38. The smallest absolute Gasteiger partial charge is 0.341 e. The van der Waals surface area contributed by atoms with Gasteiger partial charge < -0.3 is 14.8 Å². The molecule has 1 saturated carbocycles. The first-order chi connectivity index (χ1) is 14.4. The first-order valence-electron chi connectivity index (χ1n) is 10.7. The maximum Gasteiger partial charge on any atom is 0.341 e. The van der Waals surface area contributed by atoms with Gasteiger partial charge in [-0.25, -0.2) is 4.79 Å². The van der Waals surface area contributed by atoms with Gasteiger partial charge in [0.15, 0.2) is 0 Å². The van der Waals surface area contributed by atoms with Crippen LogP contribution in [0.15, 0.2) is 30.3 Å². The zero-order valence-electron chi connectivity index (χ0n) is 17.9. The zero-order chi connectivity index (χ0) is 21.4. The number of carbonyl (C=O) groups is 2. The van der Waals surface area contributed by atoms with Crippen LogP contribution in [0.2, 0.25) is 0 Å². The summed E-state index contributed by atoms with van der Waals surface area (Å²) in [6.07, 6.45) is 4.30. The average molecular weight is 428 g/mol. The highest BCUT2D eigenvalue weighted by Crippen LogP contribution is 2.45. The lowest BCUT2D eigenvalue weighted by atomic mass is 9.78. The number of ether oxygens (including phenoxy) is 2. The number of esters is 1. The van der Waals surface area contributed by atoms with Crippen molar-refractivity contribution in [3.05, 3.63) is 51.9 Å². The van der Waals surface area contributed by atoms with E-state index in [0.29, 0.717) is 30.2 Å². The van der Waals surface area contributed by atoms with E-state index >= 15 is 0 Å². The number of thiophene rings is 1. The lowest BCUT2D eigenvalue weighted by Gasteiger charge is -2.30. The molecule has 2 heterocycles. The molecule has 0 atom stereocenters. The topological polar surface area (TPSA) is 64.6 Å². The Morgan fingerprint density at radius 3 is 2.53 bits per heavy atom. The molecular formula is C24H29NO4S. The van der Waals surface area contributed by atoms with Gasteiger partial charge in [0.2, 0.25) is 5.91 Å².